The van der Waals surface area contributed by atoms with Crippen LogP contribution in [0, 0.1) is 6.92 Å². The van der Waals surface area contributed by atoms with Gasteiger partial charge in [-0.15, -0.1) is 0 Å². The van der Waals surface area contributed by atoms with Crippen LogP contribution < -0.4 is 15.9 Å². The quantitative estimate of drug-likeness (QED) is 0.768. The molecule has 0 bridgehead atoms. The van der Waals surface area contributed by atoms with Gasteiger partial charge in [-0.3, -0.25) is 9.47 Å². The minimum atomic E-state index is -0.284. The molecule has 2 unspecified atom stereocenters. The van der Waals surface area contributed by atoms with Crippen molar-refractivity contribution in [2.45, 2.75) is 32.4 Å². The maximum Gasteiger partial charge on any atom is 0.350 e. The van der Waals surface area contributed by atoms with E-state index in [4.69, 9.17) is 11.6 Å². The zero-order valence-electron chi connectivity index (χ0n) is 15.0. The van der Waals surface area contributed by atoms with Gasteiger partial charge in [-0.2, -0.15) is 4.98 Å². The van der Waals surface area contributed by atoms with E-state index in [2.05, 4.69) is 39.1 Å². The summed E-state index contributed by atoms with van der Waals surface area (Å²) in [6.45, 7) is 6.67. The molecule has 25 heavy (non-hydrogen) atoms. The molecule has 134 valence electrons. The second-order valence-corrected chi connectivity index (χ2v) is 7.55. The topological polar surface area (TPSA) is 66.3 Å². The number of likely N-dealkylation sites (N-methyl/N-ethyl adjacent to an activating group) is 1. The number of anilines is 2. The first kappa shape index (κ1) is 16.6. The lowest BCUT2D eigenvalue weighted by Crippen LogP contribution is -2.57. The fourth-order valence-electron chi connectivity index (χ4n) is 3.86. The first-order chi connectivity index (χ1) is 11.9. The van der Waals surface area contributed by atoms with E-state index in [1.165, 1.54) is 4.57 Å². The standard InChI is InChI=1S/C17H23ClN6O/c1-9-7-24-11(8-22(9)3)5-6-19-14-12-15(20-10(2)13(14)18)23(4)17(25)21-16(12)24/h9,11,19H,5-8H2,1-4H3. The van der Waals surface area contributed by atoms with Crippen molar-refractivity contribution >= 4 is 34.1 Å². The Kier molecular flexibility index (Phi) is 3.88. The average Bonchev–Trinajstić information content (AvgIpc) is 2.56. The van der Waals surface area contributed by atoms with E-state index < -0.39 is 0 Å². The molecule has 0 amide bonds. The largest absolute Gasteiger partial charge is 0.383 e. The van der Waals surface area contributed by atoms with E-state index in [1.807, 2.05) is 6.92 Å². The normalized spacial score (nSPS) is 23.8. The molecule has 0 spiro atoms. The SMILES string of the molecule is Cc1nc2c3c(nc(=O)n2C)N2CC(C)N(C)CC2CCNc3c1Cl. The molecule has 0 aliphatic carbocycles. The number of rotatable bonds is 0. The number of halogens is 1. The predicted molar refractivity (Wildman–Crippen MR) is 101 cm³/mol. The molecule has 0 aromatic carbocycles. The van der Waals surface area contributed by atoms with Gasteiger partial charge in [-0.1, -0.05) is 11.6 Å². The van der Waals surface area contributed by atoms with Crippen LogP contribution in [-0.2, 0) is 7.05 Å². The lowest BCUT2D eigenvalue weighted by Gasteiger charge is -2.45. The molecule has 4 rings (SSSR count). The number of aryl methyl sites for hydroxylation is 2. The Bertz CT molecular complexity index is 910. The summed E-state index contributed by atoms with van der Waals surface area (Å²) in [5, 5.41) is 4.92. The van der Waals surface area contributed by atoms with E-state index in [-0.39, 0.29) is 5.69 Å². The van der Waals surface area contributed by atoms with E-state index in [9.17, 15) is 4.79 Å². The average molecular weight is 363 g/mol. The number of pyridine rings is 1. The molecule has 2 aromatic rings. The van der Waals surface area contributed by atoms with Crippen LogP contribution in [0.3, 0.4) is 0 Å². The Labute approximate surface area is 151 Å². The fourth-order valence-corrected chi connectivity index (χ4v) is 4.06. The van der Waals surface area contributed by atoms with Gasteiger partial charge in [0.15, 0.2) is 0 Å². The Morgan fingerprint density at radius 1 is 1.24 bits per heavy atom. The molecule has 1 saturated heterocycles. The van der Waals surface area contributed by atoms with Crippen molar-refractivity contribution in [2.24, 2.45) is 7.05 Å². The van der Waals surface area contributed by atoms with Gasteiger partial charge in [-0.25, -0.2) is 9.78 Å². The number of hydrogen-bond donors (Lipinski definition) is 1. The Hall–Kier alpha value is -1.86. The van der Waals surface area contributed by atoms with Crippen molar-refractivity contribution < 1.29 is 0 Å². The minimum Gasteiger partial charge on any atom is -0.383 e. The third-order valence-electron chi connectivity index (χ3n) is 5.52. The lowest BCUT2D eigenvalue weighted by molar-refractivity contribution is 0.196. The van der Waals surface area contributed by atoms with E-state index in [0.29, 0.717) is 34.3 Å². The van der Waals surface area contributed by atoms with Crippen LogP contribution in [0.4, 0.5) is 11.5 Å². The van der Waals surface area contributed by atoms with Gasteiger partial charge in [0, 0.05) is 38.8 Å². The van der Waals surface area contributed by atoms with Crippen LogP contribution >= 0.6 is 11.6 Å². The Balaban J connectivity index is 2.05. The zero-order valence-corrected chi connectivity index (χ0v) is 15.8. The van der Waals surface area contributed by atoms with Crippen LogP contribution in [0.5, 0.6) is 0 Å². The summed E-state index contributed by atoms with van der Waals surface area (Å²) in [7, 11) is 3.86. The van der Waals surface area contributed by atoms with Gasteiger partial charge < -0.3 is 10.2 Å². The molecule has 4 heterocycles. The summed E-state index contributed by atoms with van der Waals surface area (Å²) in [4.78, 5) is 26.2. The summed E-state index contributed by atoms with van der Waals surface area (Å²) in [5.74, 6) is 0.708. The van der Waals surface area contributed by atoms with Gasteiger partial charge in [0.2, 0.25) is 0 Å². The smallest absolute Gasteiger partial charge is 0.350 e. The number of fused-ring (bicyclic) bond motifs is 2. The number of hydrogen-bond acceptors (Lipinski definition) is 6. The van der Waals surface area contributed by atoms with Crippen LogP contribution in [0.1, 0.15) is 19.0 Å². The lowest BCUT2D eigenvalue weighted by atomic mass is 10.0. The summed E-state index contributed by atoms with van der Waals surface area (Å²) < 4.78 is 1.50. The number of nitrogens with one attached hydrogen (secondary N) is 1. The van der Waals surface area contributed by atoms with Crippen molar-refractivity contribution in [3.8, 4) is 0 Å². The molecule has 7 nitrogen and oxygen atoms in total. The van der Waals surface area contributed by atoms with E-state index in [1.54, 1.807) is 7.05 Å². The second kappa shape index (κ2) is 5.85. The van der Waals surface area contributed by atoms with Crippen molar-refractivity contribution in [1.82, 2.24) is 19.4 Å². The Morgan fingerprint density at radius 2 is 2.00 bits per heavy atom. The molecule has 2 atom stereocenters. The van der Waals surface area contributed by atoms with Gasteiger partial charge >= 0.3 is 5.69 Å². The van der Waals surface area contributed by atoms with Crippen molar-refractivity contribution in [2.75, 3.05) is 36.9 Å². The summed E-state index contributed by atoms with van der Waals surface area (Å²) in [6.07, 6.45) is 0.965. The predicted octanol–water partition coefficient (Wildman–Crippen LogP) is 1.61. The molecular weight excluding hydrogens is 340 g/mol. The summed E-state index contributed by atoms with van der Waals surface area (Å²) >= 11 is 6.56. The molecule has 0 radical (unpaired) electrons. The minimum absolute atomic E-state index is 0.284. The van der Waals surface area contributed by atoms with E-state index in [0.717, 1.165) is 37.1 Å². The monoisotopic (exact) mass is 362 g/mol. The van der Waals surface area contributed by atoms with Crippen LogP contribution in [-0.4, -0.2) is 58.2 Å². The van der Waals surface area contributed by atoms with Crippen LogP contribution in [0.25, 0.3) is 11.0 Å². The second-order valence-electron chi connectivity index (χ2n) is 7.17. The molecule has 1 fully saturated rings. The maximum absolute atomic E-state index is 12.5. The molecule has 0 saturated carbocycles. The number of nitrogens with zero attached hydrogens (tertiary/aromatic N) is 5. The highest BCUT2D eigenvalue weighted by molar-refractivity contribution is 6.35. The molecule has 1 N–H and O–H groups in total. The van der Waals surface area contributed by atoms with E-state index >= 15 is 0 Å². The van der Waals surface area contributed by atoms with Crippen molar-refractivity contribution in [1.29, 1.82) is 0 Å². The third kappa shape index (κ3) is 2.48. The van der Waals surface area contributed by atoms with Crippen LogP contribution in [0.2, 0.25) is 5.02 Å². The first-order valence-electron chi connectivity index (χ1n) is 8.66. The van der Waals surface area contributed by atoms with Gasteiger partial charge in [0.25, 0.3) is 0 Å². The highest BCUT2D eigenvalue weighted by atomic mass is 35.5. The molecule has 2 aliphatic rings. The molecule has 2 aliphatic heterocycles. The van der Waals surface area contributed by atoms with Gasteiger partial charge in [0.1, 0.15) is 11.5 Å². The third-order valence-corrected chi connectivity index (χ3v) is 5.98. The maximum atomic E-state index is 12.5. The van der Waals surface area contributed by atoms with Gasteiger partial charge in [-0.05, 0) is 27.3 Å². The first-order valence-corrected chi connectivity index (χ1v) is 9.04. The Morgan fingerprint density at radius 3 is 2.76 bits per heavy atom. The highest BCUT2D eigenvalue weighted by Gasteiger charge is 2.34. The fraction of sp³-hybridized carbons (Fsp3) is 0.588. The van der Waals surface area contributed by atoms with Crippen molar-refractivity contribution in [3.63, 3.8) is 0 Å². The van der Waals surface area contributed by atoms with Crippen LogP contribution in [0.15, 0.2) is 4.79 Å². The number of piperazine rings is 1. The number of aromatic nitrogens is 3. The molecule has 8 heteroatoms. The van der Waals surface area contributed by atoms with Crippen molar-refractivity contribution in [3.05, 3.63) is 21.2 Å². The van der Waals surface area contributed by atoms with Gasteiger partial charge in [0.05, 0.1) is 21.8 Å². The summed E-state index contributed by atoms with van der Waals surface area (Å²) in [5.41, 5.74) is 1.90. The zero-order chi connectivity index (χ0) is 17.9. The molecular formula is C17H23ClN6O. The molecule has 2 aromatic heterocycles. The summed E-state index contributed by atoms with van der Waals surface area (Å²) in [6, 6.07) is 0.701. The highest BCUT2D eigenvalue weighted by Crippen LogP contribution is 2.39.